The lowest BCUT2D eigenvalue weighted by molar-refractivity contribution is -0.136. The van der Waals surface area contributed by atoms with Crippen molar-refractivity contribution in [1.82, 2.24) is 0 Å². The van der Waals surface area contributed by atoms with Crippen molar-refractivity contribution in [2.75, 3.05) is 6.61 Å². The lowest BCUT2D eigenvalue weighted by Gasteiger charge is -2.26. The van der Waals surface area contributed by atoms with Gasteiger partial charge >= 0.3 is 5.97 Å². The van der Waals surface area contributed by atoms with Gasteiger partial charge in [-0.05, 0) is 84.2 Å². The largest absolute Gasteiger partial charge is 0.494 e. The molecule has 0 fully saturated rings. The number of carboxylic acid groups (broad SMARTS) is 1. The minimum atomic E-state index is -0.817. The summed E-state index contributed by atoms with van der Waals surface area (Å²) in [7, 11) is 0. The molecule has 4 nitrogen and oxygen atoms in total. The summed E-state index contributed by atoms with van der Waals surface area (Å²) in [5, 5.41) is 8.94. The van der Waals surface area contributed by atoms with Crippen molar-refractivity contribution < 1.29 is 23.8 Å². The first kappa shape index (κ1) is 27.3. The van der Waals surface area contributed by atoms with E-state index in [1.807, 2.05) is 43.3 Å². The molecule has 0 saturated carbocycles. The number of rotatable bonds is 13. The van der Waals surface area contributed by atoms with Crippen molar-refractivity contribution >= 4 is 5.97 Å². The molecule has 0 unspecified atom stereocenters. The summed E-state index contributed by atoms with van der Waals surface area (Å²) in [6.07, 6.45) is 3.51. The van der Waals surface area contributed by atoms with Crippen molar-refractivity contribution in [1.29, 1.82) is 0 Å². The predicted molar refractivity (Wildman–Crippen MR) is 142 cm³/mol. The molecular formula is C31H37FO4. The molecule has 1 N–H and O–H groups in total. The summed E-state index contributed by atoms with van der Waals surface area (Å²) in [6.45, 7) is 9.49. The molecule has 0 amide bonds. The first-order valence-corrected chi connectivity index (χ1v) is 12.7. The van der Waals surface area contributed by atoms with Gasteiger partial charge in [-0.15, -0.1) is 0 Å². The van der Waals surface area contributed by atoms with E-state index in [2.05, 4.69) is 26.8 Å². The van der Waals surface area contributed by atoms with Gasteiger partial charge in [-0.2, -0.15) is 0 Å². The zero-order valence-corrected chi connectivity index (χ0v) is 21.8. The molecule has 3 aromatic carbocycles. The Labute approximate surface area is 214 Å². The maximum Gasteiger partial charge on any atom is 0.303 e. The molecule has 3 aromatic rings. The fourth-order valence-corrected chi connectivity index (χ4v) is 4.60. The van der Waals surface area contributed by atoms with E-state index < -0.39 is 5.97 Å². The molecule has 0 aromatic heterocycles. The Hall–Kier alpha value is -3.34. The molecular weight excluding hydrogens is 455 g/mol. The van der Waals surface area contributed by atoms with Crippen molar-refractivity contribution in [3.8, 4) is 22.6 Å². The number of carboxylic acids is 1. The van der Waals surface area contributed by atoms with Crippen LogP contribution in [0.15, 0.2) is 60.7 Å². The van der Waals surface area contributed by atoms with Crippen molar-refractivity contribution in [2.24, 2.45) is 5.41 Å². The second-order valence-corrected chi connectivity index (χ2v) is 9.99. The number of hydrogen-bond acceptors (Lipinski definition) is 3. The van der Waals surface area contributed by atoms with Gasteiger partial charge in [0.05, 0.1) is 6.61 Å². The number of aryl methyl sites for hydroxylation is 1. The van der Waals surface area contributed by atoms with Crippen LogP contribution in [0.3, 0.4) is 0 Å². The number of ether oxygens (including phenoxy) is 2. The van der Waals surface area contributed by atoms with E-state index >= 15 is 0 Å². The molecule has 0 atom stereocenters. The van der Waals surface area contributed by atoms with Crippen LogP contribution in [0.25, 0.3) is 11.1 Å². The SMILES string of the molecule is CCCC(C)(C)Cc1cc(COc2cccc(CCC(=O)O)c2)ccc1-c1cc(OCC)ccc1F. The van der Waals surface area contributed by atoms with Crippen LogP contribution < -0.4 is 9.47 Å². The van der Waals surface area contributed by atoms with Crippen molar-refractivity contribution in [3.63, 3.8) is 0 Å². The van der Waals surface area contributed by atoms with E-state index in [0.29, 0.717) is 36.7 Å². The third kappa shape index (κ3) is 7.84. The maximum atomic E-state index is 15.0. The Morgan fingerprint density at radius 2 is 1.69 bits per heavy atom. The summed E-state index contributed by atoms with van der Waals surface area (Å²) in [4.78, 5) is 10.9. The molecule has 36 heavy (non-hydrogen) atoms. The molecule has 0 heterocycles. The molecule has 0 bridgehead atoms. The van der Waals surface area contributed by atoms with Crippen LogP contribution in [0.1, 0.15) is 63.6 Å². The third-order valence-corrected chi connectivity index (χ3v) is 6.24. The number of carbonyl (C=O) groups is 1. The highest BCUT2D eigenvalue weighted by Gasteiger charge is 2.21. The van der Waals surface area contributed by atoms with Crippen molar-refractivity contribution in [3.05, 3.63) is 83.2 Å². The Bertz CT molecular complexity index is 1170. The highest BCUT2D eigenvalue weighted by molar-refractivity contribution is 5.70. The van der Waals surface area contributed by atoms with Gasteiger partial charge in [0, 0.05) is 12.0 Å². The Balaban J connectivity index is 1.89. The van der Waals surface area contributed by atoms with E-state index in [9.17, 15) is 9.18 Å². The minimum Gasteiger partial charge on any atom is -0.494 e. The summed E-state index contributed by atoms with van der Waals surface area (Å²) in [5.41, 5.74) is 4.49. The van der Waals surface area contributed by atoms with Crippen LogP contribution in [0.2, 0.25) is 0 Å². The van der Waals surface area contributed by atoms with E-state index in [1.54, 1.807) is 12.1 Å². The van der Waals surface area contributed by atoms with Gasteiger partial charge in [0.1, 0.15) is 23.9 Å². The second-order valence-electron chi connectivity index (χ2n) is 9.99. The van der Waals surface area contributed by atoms with Gasteiger partial charge in [0.15, 0.2) is 0 Å². The topological polar surface area (TPSA) is 55.8 Å². The fourth-order valence-electron chi connectivity index (χ4n) is 4.60. The Morgan fingerprint density at radius 3 is 2.42 bits per heavy atom. The lowest BCUT2D eigenvalue weighted by atomic mass is 9.79. The summed E-state index contributed by atoms with van der Waals surface area (Å²) in [6, 6.07) is 18.5. The number of benzene rings is 3. The smallest absolute Gasteiger partial charge is 0.303 e. The monoisotopic (exact) mass is 492 g/mol. The van der Waals surface area contributed by atoms with Gasteiger partial charge in [0.25, 0.3) is 0 Å². The van der Waals surface area contributed by atoms with Gasteiger partial charge in [0.2, 0.25) is 0 Å². The first-order valence-electron chi connectivity index (χ1n) is 12.7. The van der Waals surface area contributed by atoms with E-state index in [4.69, 9.17) is 14.6 Å². The highest BCUT2D eigenvalue weighted by Crippen LogP contribution is 2.36. The molecule has 0 radical (unpaired) electrons. The Kier molecular flexibility index (Phi) is 9.51. The standard InChI is InChI=1S/C31H37FO4/c1-5-16-31(3,4)20-24-17-23(21-36-25-9-7-8-22(18-25)11-15-30(33)34)10-13-27(24)28-19-26(35-6-2)12-14-29(28)32/h7-10,12-14,17-19H,5-6,11,15-16,20-21H2,1-4H3,(H,33,34). The van der Waals surface area contributed by atoms with Crippen LogP contribution in [0, 0.1) is 11.2 Å². The lowest BCUT2D eigenvalue weighted by Crippen LogP contribution is -2.15. The summed E-state index contributed by atoms with van der Waals surface area (Å²) < 4.78 is 26.6. The second kappa shape index (κ2) is 12.6. The van der Waals surface area contributed by atoms with Gasteiger partial charge in [-0.25, -0.2) is 4.39 Å². The van der Waals surface area contributed by atoms with Crippen LogP contribution >= 0.6 is 0 Å². The quantitative estimate of drug-likeness (QED) is 0.264. The minimum absolute atomic E-state index is 0.0649. The zero-order chi connectivity index (χ0) is 26.1. The summed E-state index contributed by atoms with van der Waals surface area (Å²) >= 11 is 0. The number of aliphatic carboxylic acids is 1. The van der Waals surface area contributed by atoms with E-state index in [1.165, 1.54) is 6.07 Å². The van der Waals surface area contributed by atoms with E-state index in [-0.39, 0.29) is 17.7 Å². The average Bonchev–Trinajstić information content (AvgIpc) is 2.83. The average molecular weight is 493 g/mol. The number of halogens is 1. The van der Waals surface area contributed by atoms with Crippen LogP contribution in [0.5, 0.6) is 11.5 Å². The number of hydrogen-bond donors (Lipinski definition) is 1. The van der Waals surface area contributed by atoms with Crippen LogP contribution in [-0.2, 0) is 24.2 Å². The van der Waals surface area contributed by atoms with Crippen LogP contribution in [-0.4, -0.2) is 17.7 Å². The van der Waals surface area contributed by atoms with E-state index in [0.717, 1.165) is 41.5 Å². The van der Waals surface area contributed by atoms with Gasteiger partial charge in [-0.3, -0.25) is 4.79 Å². The van der Waals surface area contributed by atoms with Gasteiger partial charge < -0.3 is 14.6 Å². The molecule has 3 rings (SSSR count). The molecule has 0 saturated heterocycles. The molecule has 192 valence electrons. The summed E-state index contributed by atoms with van der Waals surface area (Å²) in [5.74, 6) is 0.270. The highest BCUT2D eigenvalue weighted by atomic mass is 19.1. The fraction of sp³-hybridized carbons (Fsp3) is 0.387. The zero-order valence-electron chi connectivity index (χ0n) is 21.8. The Morgan fingerprint density at radius 1 is 0.917 bits per heavy atom. The molecule has 5 heteroatoms. The van der Waals surface area contributed by atoms with Gasteiger partial charge in [-0.1, -0.05) is 57.5 Å². The molecule has 0 spiro atoms. The maximum absolute atomic E-state index is 15.0. The third-order valence-electron chi connectivity index (χ3n) is 6.24. The predicted octanol–water partition coefficient (Wildman–Crippen LogP) is 7.86. The molecule has 0 aliphatic carbocycles. The van der Waals surface area contributed by atoms with Crippen molar-refractivity contribution in [2.45, 2.75) is 66.4 Å². The van der Waals surface area contributed by atoms with Crippen LogP contribution in [0.4, 0.5) is 4.39 Å². The first-order chi connectivity index (χ1) is 17.2. The normalized spacial score (nSPS) is 11.4. The molecule has 0 aliphatic heterocycles. The molecule has 0 aliphatic rings.